The van der Waals surface area contributed by atoms with Crippen molar-refractivity contribution in [2.24, 2.45) is 5.41 Å². The highest BCUT2D eigenvalue weighted by atomic mass is 16.2. The predicted molar refractivity (Wildman–Crippen MR) is 94.0 cm³/mol. The minimum atomic E-state index is -0.510. The Balaban J connectivity index is 1.98. The second kappa shape index (κ2) is 7.64. The van der Waals surface area contributed by atoms with Crippen LogP contribution in [-0.2, 0) is 11.2 Å². The molecule has 2 rings (SSSR count). The van der Waals surface area contributed by atoms with Crippen molar-refractivity contribution < 1.29 is 4.79 Å². The SMILES string of the molecule is CC(C)=CCC[C@]1(C)CCC(=O)N(CCc2c[nH]c(=O)[nH]c2=O)C1. The van der Waals surface area contributed by atoms with Crippen molar-refractivity contribution in [1.82, 2.24) is 14.9 Å². The van der Waals surface area contributed by atoms with Crippen LogP contribution in [0.4, 0.5) is 0 Å². The zero-order valence-electron chi connectivity index (χ0n) is 14.8. The number of likely N-dealkylation sites (tertiary alicyclic amines) is 1. The van der Waals surface area contributed by atoms with Crippen LogP contribution in [0.3, 0.4) is 0 Å². The monoisotopic (exact) mass is 333 g/mol. The standard InChI is InChI=1S/C18H27N3O3/c1-13(2)5-4-8-18(3)9-6-15(22)21(12-18)10-7-14-11-19-17(24)20-16(14)23/h5,11H,4,6-10,12H2,1-3H3,(H2,19,20,23,24)/t18-/m1/s1. The Hall–Kier alpha value is -2.11. The number of aromatic amines is 2. The number of hydrogen-bond donors (Lipinski definition) is 2. The molecule has 0 bridgehead atoms. The minimum Gasteiger partial charge on any atom is -0.342 e. The third kappa shape index (κ3) is 4.94. The van der Waals surface area contributed by atoms with E-state index in [0.29, 0.717) is 24.9 Å². The molecule has 0 spiro atoms. The van der Waals surface area contributed by atoms with Gasteiger partial charge in [-0.2, -0.15) is 0 Å². The molecule has 0 radical (unpaired) electrons. The molecule has 0 unspecified atom stereocenters. The van der Waals surface area contributed by atoms with E-state index in [-0.39, 0.29) is 16.9 Å². The summed E-state index contributed by atoms with van der Waals surface area (Å²) in [5.41, 5.74) is 1.05. The first-order valence-electron chi connectivity index (χ1n) is 8.51. The zero-order chi connectivity index (χ0) is 17.7. The number of carbonyl (C=O) groups is 1. The van der Waals surface area contributed by atoms with Gasteiger partial charge in [0.2, 0.25) is 5.91 Å². The van der Waals surface area contributed by atoms with Crippen LogP contribution in [0.25, 0.3) is 0 Å². The van der Waals surface area contributed by atoms with Crippen LogP contribution < -0.4 is 11.2 Å². The second-order valence-corrected chi connectivity index (χ2v) is 7.29. The van der Waals surface area contributed by atoms with Crippen LogP contribution in [0, 0.1) is 5.41 Å². The lowest BCUT2D eigenvalue weighted by Gasteiger charge is -2.40. The third-order valence-corrected chi connectivity index (χ3v) is 4.72. The molecule has 1 atom stereocenters. The highest BCUT2D eigenvalue weighted by molar-refractivity contribution is 5.77. The lowest BCUT2D eigenvalue weighted by Crippen LogP contribution is -2.46. The number of rotatable bonds is 6. The molecule has 0 aliphatic carbocycles. The Morgan fingerprint density at radius 3 is 2.75 bits per heavy atom. The van der Waals surface area contributed by atoms with Gasteiger partial charge in [-0.05, 0) is 44.9 Å². The largest absolute Gasteiger partial charge is 0.342 e. The normalized spacial score (nSPS) is 21.0. The summed E-state index contributed by atoms with van der Waals surface area (Å²) in [5, 5.41) is 0. The first-order valence-corrected chi connectivity index (χ1v) is 8.51. The van der Waals surface area contributed by atoms with E-state index >= 15 is 0 Å². The number of allylic oxidation sites excluding steroid dienone is 2. The molecule has 24 heavy (non-hydrogen) atoms. The summed E-state index contributed by atoms with van der Waals surface area (Å²) in [6, 6.07) is 0. The fourth-order valence-corrected chi connectivity index (χ4v) is 3.19. The van der Waals surface area contributed by atoms with Crippen molar-refractivity contribution in [2.75, 3.05) is 13.1 Å². The van der Waals surface area contributed by atoms with Gasteiger partial charge in [0.15, 0.2) is 0 Å². The van der Waals surface area contributed by atoms with Crippen molar-refractivity contribution in [3.63, 3.8) is 0 Å². The van der Waals surface area contributed by atoms with Crippen molar-refractivity contribution in [3.05, 3.63) is 44.2 Å². The first-order chi connectivity index (χ1) is 11.3. The average molecular weight is 333 g/mol. The van der Waals surface area contributed by atoms with Crippen LogP contribution >= 0.6 is 0 Å². The molecule has 1 aliphatic heterocycles. The van der Waals surface area contributed by atoms with E-state index in [2.05, 4.69) is 36.8 Å². The summed E-state index contributed by atoms with van der Waals surface area (Å²) in [4.78, 5) is 41.5. The Bertz CT molecular complexity index is 728. The number of aromatic nitrogens is 2. The number of nitrogens with zero attached hydrogens (tertiary/aromatic N) is 1. The van der Waals surface area contributed by atoms with Crippen LogP contribution in [0.2, 0.25) is 0 Å². The van der Waals surface area contributed by atoms with E-state index in [9.17, 15) is 14.4 Å². The molecule has 1 fully saturated rings. The van der Waals surface area contributed by atoms with E-state index in [0.717, 1.165) is 25.8 Å². The highest BCUT2D eigenvalue weighted by Gasteiger charge is 2.34. The van der Waals surface area contributed by atoms with Crippen LogP contribution in [0.5, 0.6) is 0 Å². The molecule has 132 valence electrons. The molecule has 0 saturated carbocycles. The maximum Gasteiger partial charge on any atom is 0.325 e. The van der Waals surface area contributed by atoms with Gasteiger partial charge in [0.05, 0.1) is 0 Å². The first kappa shape index (κ1) is 18.2. The smallest absolute Gasteiger partial charge is 0.325 e. The van der Waals surface area contributed by atoms with Gasteiger partial charge in [0.25, 0.3) is 5.56 Å². The van der Waals surface area contributed by atoms with E-state index in [1.165, 1.54) is 11.8 Å². The van der Waals surface area contributed by atoms with Crippen molar-refractivity contribution in [1.29, 1.82) is 0 Å². The quantitative estimate of drug-likeness (QED) is 0.781. The van der Waals surface area contributed by atoms with Gasteiger partial charge in [-0.1, -0.05) is 18.6 Å². The molecule has 1 aromatic rings. The maximum absolute atomic E-state index is 12.2. The van der Waals surface area contributed by atoms with Crippen molar-refractivity contribution >= 4 is 5.91 Å². The molecule has 1 amide bonds. The summed E-state index contributed by atoms with van der Waals surface area (Å²) < 4.78 is 0. The van der Waals surface area contributed by atoms with Crippen LogP contribution in [0.15, 0.2) is 27.4 Å². The van der Waals surface area contributed by atoms with Gasteiger partial charge < -0.3 is 9.88 Å². The lowest BCUT2D eigenvalue weighted by atomic mass is 9.77. The van der Waals surface area contributed by atoms with Gasteiger partial charge >= 0.3 is 5.69 Å². The highest BCUT2D eigenvalue weighted by Crippen LogP contribution is 2.34. The minimum absolute atomic E-state index is 0.122. The summed E-state index contributed by atoms with van der Waals surface area (Å²) in [6.45, 7) is 7.66. The fraction of sp³-hybridized carbons (Fsp3) is 0.611. The van der Waals surface area contributed by atoms with Crippen molar-refractivity contribution in [3.8, 4) is 0 Å². The van der Waals surface area contributed by atoms with Gasteiger partial charge in [-0.3, -0.25) is 14.6 Å². The predicted octanol–water partition coefficient (Wildman–Crippen LogP) is 1.98. The molecule has 6 nitrogen and oxygen atoms in total. The van der Waals surface area contributed by atoms with Gasteiger partial charge in [0, 0.05) is 31.3 Å². The lowest BCUT2D eigenvalue weighted by molar-refractivity contribution is -0.137. The number of nitrogens with one attached hydrogen (secondary N) is 2. The van der Waals surface area contributed by atoms with Gasteiger partial charge in [-0.25, -0.2) is 4.79 Å². The molecule has 2 heterocycles. The zero-order valence-corrected chi connectivity index (χ0v) is 14.8. The number of H-pyrrole nitrogens is 2. The Kier molecular flexibility index (Phi) is 5.80. The van der Waals surface area contributed by atoms with E-state index < -0.39 is 5.69 Å². The Morgan fingerprint density at radius 2 is 2.08 bits per heavy atom. The molecule has 2 N–H and O–H groups in total. The molecular formula is C18H27N3O3. The van der Waals surface area contributed by atoms with E-state index in [1.54, 1.807) is 0 Å². The molecule has 1 aromatic heterocycles. The fourth-order valence-electron chi connectivity index (χ4n) is 3.19. The summed E-state index contributed by atoms with van der Waals surface area (Å²) in [5.74, 6) is 0.149. The van der Waals surface area contributed by atoms with Gasteiger partial charge in [-0.15, -0.1) is 0 Å². The molecule has 6 heteroatoms. The number of amides is 1. The van der Waals surface area contributed by atoms with Crippen LogP contribution in [0.1, 0.15) is 52.0 Å². The third-order valence-electron chi connectivity index (χ3n) is 4.72. The maximum atomic E-state index is 12.2. The molecule has 1 aliphatic rings. The molecule has 0 aromatic carbocycles. The second-order valence-electron chi connectivity index (χ2n) is 7.29. The van der Waals surface area contributed by atoms with Crippen LogP contribution in [-0.4, -0.2) is 33.9 Å². The molecular weight excluding hydrogens is 306 g/mol. The Morgan fingerprint density at radius 1 is 1.33 bits per heavy atom. The van der Waals surface area contributed by atoms with Gasteiger partial charge in [0.1, 0.15) is 0 Å². The van der Waals surface area contributed by atoms with Crippen molar-refractivity contribution in [2.45, 2.75) is 52.9 Å². The Labute approximate surface area is 142 Å². The molecule has 1 saturated heterocycles. The summed E-state index contributed by atoms with van der Waals surface area (Å²) >= 11 is 0. The van der Waals surface area contributed by atoms with E-state index in [4.69, 9.17) is 0 Å². The topological polar surface area (TPSA) is 86.0 Å². The van der Waals surface area contributed by atoms with E-state index in [1.807, 2.05) is 4.90 Å². The number of piperidine rings is 1. The number of hydrogen-bond acceptors (Lipinski definition) is 3. The summed E-state index contributed by atoms with van der Waals surface area (Å²) in [7, 11) is 0. The summed E-state index contributed by atoms with van der Waals surface area (Å²) in [6.07, 6.45) is 7.69. The number of carbonyl (C=O) groups excluding carboxylic acids is 1. The average Bonchev–Trinajstić information content (AvgIpc) is 2.49.